The number of carbonyl (C=O) groups excluding carboxylic acids is 1. The molecule has 2 rings (SSSR count). The molecule has 0 amide bonds. The monoisotopic (exact) mass is 254 g/mol. The Hall–Kier alpha value is -1.42. The van der Waals surface area contributed by atoms with E-state index in [4.69, 9.17) is 11.6 Å². The number of rotatable bonds is 0. The molecule has 2 heterocycles. The summed E-state index contributed by atoms with van der Waals surface area (Å²) in [6.45, 7) is 5.44. The third kappa shape index (κ3) is 2.05. The first kappa shape index (κ1) is 12.0. The summed E-state index contributed by atoms with van der Waals surface area (Å²) in [7, 11) is 0. The third-order valence-corrected chi connectivity index (χ3v) is 2.70. The summed E-state index contributed by atoms with van der Waals surface area (Å²) in [5, 5.41) is 0.337. The highest BCUT2D eigenvalue weighted by Crippen LogP contribution is 2.24. The molecule has 0 aliphatic carbocycles. The predicted molar refractivity (Wildman–Crippen MR) is 64.8 cm³/mol. The maximum atomic E-state index is 13.2. The van der Waals surface area contributed by atoms with Crippen LogP contribution >= 0.6 is 11.6 Å². The second kappa shape index (κ2) is 3.81. The molecule has 0 unspecified atom stereocenters. The van der Waals surface area contributed by atoms with Gasteiger partial charge in [0.25, 0.3) is 0 Å². The molecule has 0 radical (unpaired) electrons. The Bertz CT molecular complexity index is 598. The molecule has 0 saturated carbocycles. The highest BCUT2D eigenvalue weighted by Gasteiger charge is 2.24. The van der Waals surface area contributed by atoms with E-state index in [1.54, 1.807) is 12.3 Å². The van der Waals surface area contributed by atoms with Crippen LogP contribution in [-0.4, -0.2) is 15.5 Å². The van der Waals surface area contributed by atoms with Gasteiger partial charge in [-0.05, 0) is 12.1 Å². The molecule has 0 bridgehead atoms. The van der Waals surface area contributed by atoms with Crippen LogP contribution in [0.25, 0.3) is 11.0 Å². The van der Waals surface area contributed by atoms with E-state index in [0.717, 1.165) is 0 Å². The zero-order valence-electron chi connectivity index (χ0n) is 9.79. The van der Waals surface area contributed by atoms with Crippen LogP contribution in [0.3, 0.4) is 0 Å². The van der Waals surface area contributed by atoms with Gasteiger partial charge in [0.05, 0.1) is 0 Å². The first-order valence-electron chi connectivity index (χ1n) is 5.18. The van der Waals surface area contributed by atoms with Crippen molar-refractivity contribution in [3.8, 4) is 0 Å². The van der Waals surface area contributed by atoms with Gasteiger partial charge in [-0.1, -0.05) is 32.4 Å². The molecule has 90 valence electrons. The lowest BCUT2D eigenvalue weighted by Gasteiger charge is -2.17. The largest absolute Gasteiger partial charge is 0.273 e. The van der Waals surface area contributed by atoms with Crippen LogP contribution in [-0.2, 0) is 0 Å². The summed E-state index contributed by atoms with van der Waals surface area (Å²) in [6, 6.07) is 2.92. The molecular formula is C12H12ClFN2O. The van der Waals surface area contributed by atoms with Crippen LogP contribution in [0, 0.1) is 11.2 Å². The average Bonchev–Trinajstić information content (AvgIpc) is 2.59. The minimum atomic E-state index is -0.583. The predicted octanol–water partition coefficient (Wildman–Crippen LogP) is 3.52. The van der Waals surface area contributed by atoms with E-state index in [0.29, 0.717) is 11.0 Å². The fourth-order valence-electron chi connectivity index (χ4n) is 1.54. The van der Waals surface area contributed by atoms with Gasteiger partial charge in [-0.25, -0.2) is 9.37 Å². The van der Waals surface area contributed by atoms with Crippen LogP contribution in [0.1, 0.15) is 25.6 Å². The van der Waals surface area contributed by atoms with Crippen molar-refractivity contribution in [3.05, 3.63) is 29.3 Å². The Morgan fingerprint density at radius 2 is 2.12 bits per heavy atom. The molecule has 2 aromatic heterocycles. The minimum Gasteiger partial charge on any atom is -0.273 e. The van der Waals surface area contributed by atoms with Crippen molar-refractivity contribution in [3.63, 3.8) is 0 Å². The molecule has 0 atom stereocenters. The molecule has 17 heavy (non-hydrogen) atoms. The number of fused-ring (bicyclic) bond motifs is 1. The lowest BCUT2D eigenvalue weighted by atomic mass is 9.96. The second-order valence-corrected chi connectivity index (χ2v) is 5.27. The highest BCUT2D eigenvalue weighted by molar-refractivity contribution is 6.30. The molecule has 5 heteroatoms. The summed E-state index contributed by atoms with van der Waals surface area (Å²) in [4.78, 5) is 16.0. The van der Waals surface area contributed by atoms with E-state index in [9.17, 15) is 9.18 Å². The van der Waals surface area contributed by atoms with Gasteiger partial charge in [-0.2, -0.15) is 0 Å². The summed E-state index contributed by atoms with van der Waals surface area (Å²) in [5.41, 5.74) is -0.148. The molecule has 0 aliphatic rings. The zero-order valence-corrected chi connectivity index (χ0v) is 10.5. The third-order valence-electron chi connectivity index (χ3n) is 2.43. The molecule has 0 spiro atoms. The zero-order chi connectivity index (χ0) is 12.8. The summed E-state index contributed by atoms with van der Waals surface area (Å²) >= 11 is 5.62. The summed E-state index contributed by atoms with van der Waals surface area (Å²) in [5.74, 6) is -0.692. The van der Waals surface area contributed by atoms with E-state index in [1.165, 1.54) is 10.6 Å². The first-order valence-corrected chi connectivity index (χ1v) is 5.56. The van der Waals surface area contributed by atoms with Gasteiger partial charge in [0, 0.05) is 17.0 Å². The maximum absolute atomic E-state index is 13.2. The molecular weight excluding hydrogens is 243 g/mol. The fraction of sp³-hybridized carbons (Fsp3) is 0.333. The SMILES string of the molecule is CC(C)(C)C(=O)n1ccc2cc(F)c(Cl)nc21. The Morgan fingerprint density at radius 1 is 1.47 bits per heavy atom. The van der Waals surface area contributed by atoms with Crippen molar-refractivity contribution in [1.82, 2.24) is 9.55 Å². The molecule has 3 nitrogen and oxygen atoms in total. The van der Waals surface area contributed by atoms with Crippen molar-refractivity contribution in [2.45, 2.75) is 20.8 Å². The smallest absolute Gasteiger partial charge is 0.237 e. The van der Waals surface area contributed by atoms with Gasteiger partial charge in [0.2, 0.25) is 5.91 Å². The summed E-state index contributed by atoms with van der Waals surface area (Å²) in [6.07, 6.45) is 1.58. The van der Waals surface area contributed by atoms with Crippen molar-refractivity contribution in [1.29, 1.82) is 0 Å². The Labute approximate surface area is 103 Å². The molecule has 0 N–H and O–H groups in total. The quantitative estimate of drug-likeness (QED) is 0.675. The maximum Gasteiger partial charge on any atom is 0.237 e. The van der Waals surface area contributed by atoms with Crippen LogP contribution in [0.15, 0.2) is 18.3 Å². The molecule has 0 fully saturated rings. The summed E-state index contributed by atoms with van der Waals surface area (Å²) < 4.78 is 14.6. The van der Waals surface area contributed by atoms with Crippen LogP contribution < -0.4 is 0 Å². The van der Waals surface area contributed by atoms with E-state index < -0.39 is 11.2 Å². The molecule has 2 aromatic rings. The van der Waals surface area contributed by atoms with Gasteiger partial charge in [0.1, 0.15) is 5.65 Å². The van der Waals surface area contributed by atoms with Crippen molar-refractivity contribution >= 4 is 28.5 Å². The van der Waals surface area contributed by atoms with Crippen molar-refractivity contribution < 1.29 is 9.18 Å². The number of nitrogens with zero attached hydrogens (tertiary/aromatic N) is 2. The van der Waals surface area contributed by atoms with E-state index in [1.807, 2.05) is 20.8 Å². The molecule has 0 saturated heterocycles. The van der Waals surface area contributed by atoms with Gasteiger partial charge < -0.3 is 0 Å². The van der Waals surface area contributed by atoms with Crippen molar-refractivity contribution in [2.75, 3.05) is 0 Å². The van der Waals surface area contributed by atoms with Gasteiger partial charge in [-0.15, -0.1) is 0 Å². The van der Waals surface area contributed by atoms with E-state index in [-0.39, 0.29) is 11.1 Å². The van der Waals surface area contributed by atoms with Crippen molar-refractivity contribution in [2.24, 2.45) is 5.41 Å². The van der Waals surface area contributed by atoms with Gasteiger partial charge >= 0.3 is 0 Å². The Kier molecular flexibility index (Phi) is 2.70. The lowest BCUT2D eigenvalue weighted by molar-refractivity contribution is 0.0772. The Morgan fingerprint density at radius 3 is 2.71 bits per heavy atom. The number of carbonyl (C=O) groups is 1. The lowest BCUT2D eigenvalue weighted by Crippen LogP contribution is -2.26. The number of pyridine rings is 1. The minimum absolute atomic E-state index is 0.109. The van der Waals surface area contributed by atoms with Crippen LogP contribution in [0.5, 0.6) is 0 Å². The fourth-order valence-corrected chi connectivity index (χ4v) is 1.67. The Balaban J connectivity index is 2.65. The number of halogens is 2. The van der Waals surface area contributed by atoms with Crippen LogP contribution in [0.2, 0.25) is 5.15 Å². The molecule has 0 aromatic carbocycles. The standard InChI is InChI=1S/C12H12ClFN2O/c1-12(2,3)11(17)16-5-4-7-6-8(14)9(13)15-10(7)16/h4-6H,1-3H3. The number of hydrogen-bond acceptors (Lipinski definition) is 2. The van der Waals surface area contributed by atoms with Crippen LogP contribution in [0.4, 0.5) is 4.39 Å². The second-order valence-electron chi connectivity index (χ2n) is 4.91. The first-order chi connectivity index (χ1) is 7.80. The van der Waals surface area contributed by atoms with Gasteiger partial charge in [0.15, 0.2) is 11.0 Å². The normalized spacial score (nSPS) is 12.1. The average molecular weight is 255 g/mol. The van der Waals surface area contributed by atoms with E-state index in [2.05, 4.69) is 4.98 Å². The number of hydrogen-bond donors (Lipinski definition) is 0. The molecule has 0 aliphatic heterocycles. The number of aromatic nitrogens is 2. The highest BCUT2D eigenvalue weighted by atomic mass is 35.5. The van der Waals surface area contributed by atoms with E-state index >= 15 is 0 Å². The van der Waals surface area contributed by atoms with Gasteiger partial charge in [-0.3, -0.25) is 9.36 Å². The topological polar surface area (TPSA) is 34.9 Å².